The quantitative estimate of drug-likeness (QED) is 0.530. The summed E-state index contributed by atoms with van der Waals surface area (Å²) in [5, 5.41) is 22.2. The number of benzene rings is 1. The molecule has 0 saturated carbocycles. The average Bonchev–Trinajstić information content (AvgIpc) is 3.32. The average molecular weight is 532 g/mol. The van der Waals surface area contributed by atoms with Gasteiger partial charge in [0.2, 0.25) is 5.43 Å². The van der Waals surface area contributed by atoms with Crippen molar-refractivity contribution < 1.29 is 28.2 Å². The summed E-state index contributed by atoms with van der Waals surface area (Å²) in [7, 11) is 0. The molecule has 0 bridgehead atoms. The molecule has 2 aromatic heterocycles. The number of amides is 2. The minimum Gasteiger partial charge on any atom is -0.503 e. The lowest BCUT2D eigenvalue weighted by Crippen LogP contribution is -2.61. The summed E-state index contributed by atoms with van der Waals surface area (Å²) < 4.78 is 33.8. The topological polar surface area (TPSA) is 127 Å². The lowest BCUT2D eigenvalue weighted by molar-refractivity contribution is 0.0610. The molecule has 1 spiro atoms. The number of carbonyl (C=O) groups excluding carboxylic acids is 2. The van der Waals surface area contributed by atoms with Gasteiger partial charge in [0.25, 0.3) is 5.91 Å². The van der Waals surface area contributed by atoms with Crippen molar-refractivity contribution in [3.63, 3.8) is 0 Å². The van der Waals surface area contributed by atoms with Gasteiger partial charge < -0.3 is 24.6 Å². The van der Waals surface area contributed by atoms with Gasteiger partial charge in [-0.15, -0.1) is 10.2 Å². The fourth-order valence-electron chi connectivity index (χ4n) is 4.71. The molecular weight excluding hydrogens is 508 g/mol. The summed E-state index contributed by atoms with van der Waals surface area (Å²) in [5.74, 6) is -2.68. The number of hydrogen-bond acceptors (Lipinski definition) is 8. The molecule has 13 heteroatoms. The number of carbonyl (C=O) groups is 2. The second kappa shape index (κ2) is 9.54. The van der Waals surface area contributed by atoms with Crippen molar-refractivity contribution in [2.45, 2.75) is 38.3 Å². The van der Waals surface area contributed by atoms with Gasteiger partial charge in [-0.1, -0.05) is 17.4 Å². The molecule has 0 radical (unpaired) electrons. The van der Waals surface area contributed by atoms with E-state index in [1.165, 1.54) is 16.8 Å². The van der Waals surface area contributed by atoms with Crippen LogP contribution in [0.25, 0.3) is 10.6 Å². The Labute approximate surface area is 213 Å². The van der Waals surface area contributed by atoms with E-state index < -0.39 is 40.4 Å². The SMILES string of the molecule is CCOC(=O)N1CCC2(CC1)Cn1cc(-c3nnc(Cc4ccc(F)cc4F)s3)c(=O)c(O)c1C(=O)N2. The van der Waals surface area contributed by atoms with Crippen molar-refractivity contribution in [2.75, 3.05) is 19.7 Å². The Morgan fingerprint density at radius 1 is 1.24 bits per heavy atom. The van der Waals surface area contributed by atoms with Crippen LogP contribution < -0.4 is 10.7 Å². The first-order valence-electron chi connectivity index (χ1n) is 11.7. The van der Waals surface area contributed by atoms with Crippen LogP contribution in [-0.4, -0.2) is 62.0 Å². The molecule has 5 rings (SSSR count). The van der Waals surface area contributed by atoms with Crippen LogP contribution in [0.4, 0.5) is 13.6 Å². The first-order valence-corrected chi connectivity index (χ1v) is 12.5. The number of ether oxygens (including phenoxy) is 1. The minimum atomic E-state index is -0.773. The van der Waals surface area contributed by atoms with Gasteiger partial charge in [-0.2, -0.15) is 0 Å². The van der Waals surface area contributed by atoms with E-state index >= 15 is 0 Å². The summed E-state index contributed by atoms with van der Waals surface area (Å²) in [4.78, 5) is 39.5. The highest BCUT2D eigenvalue weighted by Gasteiger charge is 2.43. The molecule has 1 saturated heterocycles. The van der Waals surface area contributed by atoms with Crippen molar-refractivity contribution in [2.24, 2.45) is 0 Å². The molecule has 0 atom stereocenters. The highest BCUT2D eigenvalue weighted by molar-refractivity contribution is 7.14. The van der Waals surface area contributed by atoms with E-state index in [-0.39, 0.29) is 41.4 Å². The van der Waals surface area contributed by atoms with E-state index in [0.717, 1.165) is 23.5 Å². The third-order valence-electron chi connectivity index (χ3n) is 6.62. The predicted molar refractivity (Wildman–Crippen MR) is 128 cm³/mol. The summed E-state index contributed by atoms with van der Waals surface area (Å²) in [5.41, 5.74) is -1.31. The van der Waals surface area contributed by atoms with Crippen LogP contribution in [0.15, 0.2) is 29.2 Å². The number of aromatic nitrogens is 3. The zero-order valence-electron chi connectivity index (χ0n) is 19.8. The predicted octanol–water partition coefficient (Wildman–Crippen LogP) is 2.68. The third kappa shape index (κ3) is 4.66. The van der Waals surface area contributed by atoms with Crippen LogP contribution in [0.3, 0.4) is 0 Å². The highest BCUT2D eigenvalue weighted by Crippen LogP contribution is 2.33. The maximum absolute atomic E-state index is 14.1. The molecule has 1 fully saturated rings. The van der Waals surface area contributed by atoms with Gasteiger partial charge in [0, 0.05) is 38.3 Å². The first-order chi connectivity index (χ1) is 17.7. The standard InChI is InChI=1S/C24H23F2N5O5S/c1-2-36-23(35)30-7-5-24(6-8-30)12-31-11-15(19(32)20(33)18(31)21(34)27-24)22-29-28-17(37-22)9-13-3-4-14(25)10-16(13)26/h3-4,10-11,33H,2,5-9,12H2,1H3,(H,27,34). The molecule has 0 aliphatic carbocycles. The van der Waals surface area contributed by atoms with Crippen molar-refractivity contribution in [3.8, 4) is 16.3 Å². The number of piperidine rings is 1. The van der Waals surface area contributed by atoms with Gasteiger partial charge in [0.15, 0.2) is 16.5 Å². The molecule has 2 aliphatic rings. The zero-order valence-corrected chi connectivity index (χ0v) is 20.6. The Morgan fingerprint density at radius 3 is 2.70 bits per heavy atom. The van der Waals surface area contributed by atoms with Crippen molar-refractivity contribution in [3.05, 3.63) is 62.5 Å². The van der Waals surface area contributed by atoms with Crippen LogP contribution in [0, 0.1) is 11.6 Å². The van der Waals surface area contributed by atoms with Crippen molar-refractivity contribution in [1.82, 2.24) is 25.0 Å². The Morgan fingerprint density at radius 2 is 2.00 bits per heavy atom. The van der Waals surface area contributed by atoms with Crippen molar-refractivity contribution in [1.29, 1.82) is 0 Å². The Balaban J connectivity index is 1.41. The van der Waals surface area contributed by atoms with Gasteiger partial charge in [-0.25, -0.2) is 13.6 Å². The van der Waals surface area contributed by atoms with Crippen molar-refractivity contribution >= 4 is 23.3 Å². The van der Waals surface area contributed by atoms with E-state index in [2.05, 4.69) is 15.5 Å². The van der Waals surface area contributed by atoms with E-state index in [1.54, 1.807) is 11.8 Å². The van der Waals surface area contributed by atoms with Crippen LogP contribution in [0.1, 0.15) is 40.8 Å². The molecule has 37 heavy (non-hydrogen) atoms. The van der Waals surface area contributed by atoms with Crippen LogP contribution >= 0.6 is 11.3 Å². The van der Waals surface area contributed by atoms with Gasteiger partial charge in [-0.05, 0) is 31.4 Å². The fourth-order valence-corrected chi connectivity index (χ4v) is 5.58. The summed E-state index contributed by atoms with van der Waals surface area (Å²) in [6, 6.07) is 3.24. The highest BCUT2D eigenvalue weighted by atomic mass is 32.1. The van der Waals surface area contributed by atoms with Crippen LogP contribution in [0.5, 0.6) is 5.75 Å². The van der Waals surface area contributed by atoms with Crippen LogP contribution in [-0.2, 0) is 17.7 Å². The third-order valence-corrected chi connectivity index (χ3v) is 7.58. The van der Waals surface area contributed by atoms with E-state index in [1.807, 2.05) is 0 Å². The first kappa shape index (κ1) is 24.8. The summed E-state index contributed by atoms with van der Waals surface area (Å²) >= 11 is 1.04. The number of nitrogens with one attached hydrogen (secondary N) is 1. The fraction of sp³-hybridized carbons (Fsp3) is 0.375. The Hall–Kier alpha value is -3.87. The number of hydrogen-bond donors (Lipinski definition) is 2. The molecule has 3 aromatic rings. The molecule has 4 heterocycles. The van der Waals surface area contributed by atoms with Gasteiger partial charge >= 0.3 is 6.09 Å². The van der Waals surface area contributed by atoms with E-state index in [0.29, 0.717) is 30.9 Å². The Kier molecular flexibility index (Phi) is 6.40. The van der Waals surface area contributed by atoms with E-state index in [9.17, 15) is 28.3 Å². The number of pyridine rings is 1. The molecule has 1 aromatic carbocycles. The smallest absolute Gasteiger partial charge is 0.409 e. The second-order valence-corrected chi connectivity index (χ2v) is 10.1. The monoisotopic (exact) mass is 531 g/mol. The van der Waals surface area contributed by atoms with Gasteiger partial charge in [0.05, 0.1) is 17.7 Å². The number of likely N-dealkylation sites (tertiary alicyclic amines) is 1. The van der Waals surface area contributed by atoms with Gasteiger partial charge in [-0.3, -0.25) is 9.59 Å². The maximum Gasteiger partial charge on any atom is 0.409 e. The maximum atomic E-state index is 14.1. The minimum absolute atomic E-state index is 0.0461. The number of fused-ring (bicyclic) bond motifs is 1. The number of rotatable bonds is 4. The lowest BCUT2D eigenvalue weighted by atomic mass is 9.85. The van der Waals surface area contributed by atoms with Gasteiger partial charge in [0.1, 0.15) is 16.6 Å². The summed E-state index contributed by atoms with van der Waals surface area (Å²) in [6.45, 7) is 3.04. The molecular formula is C24H23F2N5O5S. The van der Waals surface area contributed by atoms with Crippen LogP contribution in [0.2, 0.25) is 0 Å². The number of halogens is 2. The largest absolute Gasteiger partial charge is 0.503 e. The number of aromatic hydroxyl groups is 1. The summed E-state index contributed by atoms with van der Waals surface area (Å²) in [6.07, 6.45) is 2.04. The molecule has 2 N–H and O–H groups in total. The second-order valence-electron chi connectivity index (χ2n) is 9.03. The number of nitrogens with zero attached hydrogens (tertiary/aromatic N) is 4. The molecule has 194 valence electrons. The normalized spacial score (nSPS) is 16.4. The van der Waals surface area contributed by atoms with E-state index in [4.69, 9.17) is 4.74 Å². The lowest BCUT2D eigenvalue weighted by Gasteiger charge is -2.45. The Bertz CT molecular complexity index is 1450. The molecule has 2 amide bonds. The molecule has 10 nitrogen and oxygen atoms in total. The zero-order chi connectivity index (χ0) is 26.3. The molecule has 0 unspecified atom stereocenters. The molecule has 2 aliphatic heterocycles.